The zero-order chi connectivity index (χ0) is 38.9. The van der Waals surface area contributed by atoms with Gasteiger partial charge in [-0.3, -0.25) is 4.79 Å². The summed E-state index contributed by atoms with van der Waals surface area (Å²) in [4.78, 5) is 16.4. The van der Waals surface area contributed by atoms with E-state index >= 15 is 0 Å². The molecule has 0 aromatic rings. The summed E-state index contributed by atoms with van der Waals surface area (Å²) in [7, 11) is 3.72. The number of unbranched alkanes of at least 4 members (excludes halogenated alkanes) is 1. The molecule has 4 saturated heterocycles. The molecular weight excluding hydrogens is 670 g/mol. The van der Waals surface area contributed by atoms with Crippen LogP contribution in [0.4, 0.5) is 0 Å². The number of carbonyl (C=O) groups excluding carboxylic acids is 1. The van der Waals surface area contributed by atoms with Crippen LogP contribution < -0.4 is 0 Å². The fraction of sp³-hybridized carbons (Fsp3) is 0.975. The molecule has 4 aliphatic heterocycles. The Morgan fingerprint density at radius 2 is 1.60 bits per heavy atom. The van der Waals surface area contributed by atoms with Crippen molar-refractivity contribution in [1.29, 1.82) is 0 Å². The minimum absolute atomic E-state index is 0.0277. The van der Waals surface area contributed by atoms with Gasteiger partial charge in [0, 0.05) is 37.8 Å². The second kappa shape index (κ2) is 17.5. The van der Waals surface area contributed by atoms with E-state index in [1.165, 1.54) is 6.92 Å². The number of cyclic esters (lactones) is 1. The van der Waals surface area contributed by atoms with Crippen LogP contribution in [0.25, 0.3) is 0 Å². The second-order valence-corrected chi connectivity index (χ2v) is 17.6. The summed E-state index contributed by atoms with van der Waals surface area (Å²) in [6.45, 7) is 22.1. The lowest BCUT2D eigenvalue weighted by Gasteiger charge is -2.48. The van der Waals surface area contributed by atoms with Gasteiger partial charge in [0.2, 0.25) is 0 Å². The predicted octanol–water partition coefficient (Wildman–Crippen LogP) is 4.82. The average molecular weight is 744 g/mol. The summed E-state index contributed by atoms with van der Waals surface area (Å²) >= 11 is 0. The topological polar surface area (TPSA) is 146 Å². The monoisotopic (exact) mass is 744 g/mol. The number of ether oxygens (including phenoxy) is 7. The molecule has 0 saturated carbocycles. The van der Waals surface area contributed by atoms with Gasteiger partial charge in [0.05, 0.1) is 53.7 Å². The first-order valence-electron chi connectivity index (χ1n) is 20.1. The van der Waals surface area contributed by atoms with Crippen molar-refractivity contribution in [2.24, 2.45) is 23.7 Å². The fourth-order valence-corrected chi connectivity index (χ4v) is 9.75. The number of hydrogen-bond donors (Lipinski definition) is 3. The van der Waals surface area contributed by atoms with Crippen LogP contribution in [0.5, 0.6) is 0 Å². The van der Waals surface area contributed by atoms with Crippen LogP contribution in [0.15, 0.2) is 0 Å². The number of nitrogens with zero attached hydrogens (tertiary/aromatic N) is 1. The molecule has 4 fully saturated rings. The van der Waals surface area contributed by atoms with Crippen molar-refractivity contribution in [3.8, 4) is 0 Å². The fourth-order valence-electron chi connectivity index (χ4n) is 9.75. The molecule has 52 heavy (non-hydrogen) atoms. The van der Waals surface area contributed by atoms with Crippen LogP contribution in [0.1, 0.15) is 121 Å². The van der Waals surface area contributed by atoms with E-state index in [0.29, 0.717) is 32.1 Å². The molecule has 0 aliphatic carbocycles. The summed E-state index contributed by atoms with van der Waals surface area (Å²) in [5, 5.41) is 35.4. The lowest BCUT2D eigenvalue weighted by Crippen LogP contribution is -2.60. The molecule has 12 nitrogen and oxygen atoms in total. The standard InChI is InChI=1S/C40H73NO11/c1-14-16-17-41(12)28-18-23(4)48-37(31(28)42)51-35-26(7)33(50-30-21-38(9,46-13)20-24(5)47-30)27(8)36(44)49-29(15-2)40(11,45)34(43)25(6)32-22(3)19-39(35,10)52-32/h22-35,37,42-43,45H,14-21H2,1-13H3/t22-,23+,24-,25-,26-,27+,28-,29+,30?,31+,32-,33-,34+,35+,37?,38-,39+,40+/m0/s1. The molecule has 0 aromatic heterocycles. The number of rotatable bonds is 10. The highest BCUT2D eigenvalue weighted by Gasteiger charge is 2.57. The summed E-state index contributed by atoms with van der Waals surface area (Å²) in [6.07, 6.45) is -2.49. The zero-order valence-electron chi connectivity index (χ0n) is 34.4. The number of esters is 1. The first-order chi connectivity index (χ1) is 24.2. The highest BCUT2D eigenvalue weighted by Crippen LogP contribution is 2.48. The SMILES string of the molecule is CCCCN(C)[C@H]1C[C@@H](C)OC(O[C@@H]2[C@@H](C)[C@H](OC3C[C@@](C)(OC)C[C@H](C)O3)[C@@H](C)C(=O)O[C@H](CC)[C@@](C)(O)[C@H](O)[C@@H](C)[C@H]3O[C@]2(C)C[C@@H]3C)[C@@H]1O. The lowest BCUT2D eigenvalue weighted by molar-refractivity contribution is -0.312. The van der Waals surface area contributed by atoms with E-state index in [-0.39, 0.29) is 24.2 Å². The van der Waals surface area contributed by atoms with Crippen LogP contribution in [-0.2, 0) is 38.0 Å². The second-order valence-electron chi connectivity index (χ2n) is 17.6. The van der Waals surface area contributed by atoms with Gasteiger partial charge in [-0.2, -0.15) is 0 Å². The zero-order valence-corrected chi connectivity index (χ0v) is 34.4. The number of hydrogen-bond acceptors (Lipinski definition) is 12. The quantitative estimate of drug-likeness (QED) is 0.264. The summed E-state index contributed by atoms with van der Waals surface area (Å²) in [5.41, 5.74) is -3.21. The van der Waals surface area contributed by atoms with Gasteiger partial charge in [-0.1, -0.05) is 41.0 Å². The Kier molecular flexibility index (Phi) is 14.7. The summed E-state index contributed by atoms with van der Waals surface area (Å²) in [5.74, 6) is -2.47. The molecule has 0 amide bonds. The van der Waals surface area contributed by atoms with Gasteiger partial charge in [-0.15, -0.1) is 0 Å². The largest absolute Gasteiger partial charge is 0.459 e. The van der Waals surface area contributed by atoms with Crippen molar-refractivity contribution in [2.45, 2.75) is 205 Å². The van der Waals surface area contributed by atoms with Gasteiger partial charge in [-0.05, 0) is 86.7 Å². The molecule has 0 radical (unpaired) electrons. The van der Waals surface area contributed by atoms with E-state index in [1.807, 2.05) is 55.5 Å². The van der Waals surface area contributed by atoms with E-state index in [0.717, 1.165) is 19.4 Å². The molecule has 0 spiro atoms. The molecule has 4 rings (SSSR count). The Hall–Kier alpha value is -0.930. The lowest BCUT2D eigenvalue weighted by atomic mass is 9.76. The van der Waals surface area contributed by atoms with Crippen molar-refractivity contribution in [3.63, 3.8) is 0 Å². The summed E-state index contributed by atoms with van der Waals surface area (Å²) < 4.78 is 45.7. The minimum atomic E-state index is -1.76. The van der Waals surface area contributed by atoms with Crippen molar-refractivity contribution in [1.82, 2.24) is 4.90 Å². The number of fused-ring (bicyclic) bond motifs is 2. The molecule has 2 unspecified atom stereocenters. The maximum absolute atomic E-state index is 14.2. The summed E-state index contributed by atoms with van der Waals surface area (Å²) in [6, 6.07) is -0.178. The van der Waals surface area contributed by atoms with Gasteiger partial charge in [0.15, 0.2) is 12.6 Å². The van der Waals surface area contributed by atoms with Crippen molar-refractivity contribution in [3.05, 3.63) is 0 Å². The Labute approximate surface area is 313 Å². The van der Waals surface area contributed by atoms with Gasteiger partial charge < -0.3 is 53.4 Å². The van der Waals surface area contributed by atoms with Gasteiger partial charge in [0.25, 0.3) is 0 Å². The van der Waals surface area contributed by atoms with Crippen molar-refractivity contribution >= 4 is 5.97 Å². The van der Waals surface area contributed by atoms with Crippen LogP contribution in [0, 0.1) is 23.7 Å². The van der Waals surface area contributed by atoms with Crippen LogP contribution in [0.2, 0.25) is 0 Å². The number of aliphatic hydroxyl groups is 3. The molecule has 4 heterocycles. The number of methoxy groups -OCH3 is 1. The predicted molar refractivity (Wildman–Crippen MR) is 196 cm³/mol. The molecule has 3 N–H and O–H groups in total. The highest BCUT2D eigenvalue weighted by atomic mass is 16.7. The normalized spacial score (nSPS) is 49.6. The molecule has 12 heteroatoms. The van der Waals surface area contributed by atoms with Crippen molar-refractivity contribution < 1.29 is 53.3 Å². The Bertz CT molecular complexity index is 1160. The molecular formula is C40H73NO11. The van der Waals surface area contributed by atoms with E-state index in [2.05, 4.69) is 18.7 Å². The number of carbonyl (C=O) groups is 1. The van der Waals surface area contributed by atoms with Gasteiger partial charge >= 0.3 is 5.97 Å². The third-order valence-electron chi connectivity index (χ3n) is 12.9. The average Bonchev–Trinajstić information content (AvgIpc) is 3.40. The molecule has 4 aliphatic rings. The highest BCUT2D eigenvalue weighted by molar-refractivity contribution is 5.73. The van der Waals surface area contributed by atoms with Gasteiger partial charge in [-0.25, -0.2) is 0 Å². The molecule has 18 atom stereocenters. The Morgan fingerprint density at radius 1 is 0.923 bits per heavy atom. The van der Waals surface area contributed by atoms with Crippen LogP contribution in [-0.4, -0.2) is 131 Å². The van der Waals surface area contributed by atoms with Gasteiger partial charge in [0.1, 0.15) is 17.8 Å². The van der Waals surface area contributed by atoms with Crippen LogP contribution in [0.3, 0.4) is 0 Å². The van der Waals surface area contributed by atoms with E-state index in [1.54, 1.807) is 14.0 Å². The Morgan fingerprint density at radius 3 is 2.21 bits per heavy atom. The molecule has 304 valence electrons. The maximum atomic E-state index is 14.2. The first kappa shape index (κ1) is 43.8. The third-order valence-corrected chi connectivity index (χ3v) is 12.9. The van der Waals surface area contributed by atoms with E-state index in [9.17, 15) is 20.1 Å². The van der Waals surface area contributed by atoms with Crippen LogP contribution >= 0.6 is 0 Å². The Balaban J connectivity index is 1.81. The first-order valence-corrected chi connectivity index (χ1v) is 20.1. The van der Waals surface area contributed by atoms with E-state index in [4.69, 9.17) is 33.2 Å². The smallest absolute Gasteiger partial charge is 0.311 e. The molecule has 2 bridgehead atoms. The minimum Gasteiger partial charge on any atom is -0.459 e. The number of aliphatic hydroxyl groups excluding tert-OH is 2. The maximum Gasteiger partial charge on any atom is 0.311 e. The molecule has 0 aromatic carbocycles. The number of likely N-dealkylation sites (N-methyl/N-ethyl adjacent to an activating group) is 1. The van der Waals surface area contributed by atoms with E-state index < -0.39 is 89.7 Å². The van der Waals surface area contributed by atoms with Crippen molar-refractivity contribution in [2.75, 3.05) is 20.7 Å². The third kappa shape index (κ3) is 9.36.